The van der Waals surface area contributed by atoms with Crippen molar-refractivity contribution in [3.05, 3.63) is 107 Å². The zero-order valence-electron chi connectivity index (χ0n) is 20.9. The quantitative estimate of drug-likeness (QED) is 0.0624. The molecule has 8 nitrogen and oxygen atoms in total. The molecule has 0 aliphatic carbocycles. The Bertz CT molecular complexity index is 1670. The van der Waals surface area contributed by atoms with Gasteiger partial charge in [-0.3, -0.25) is 14.9 Å². The van der Waals surface area contributed by atoms with E-state index in [0.717, 1.165) is 28.5 Å². The van der Waals surface area contributed by atoms with Crippen LogP contribution >= 0.6 is 45.8 Å². The third kappa shape index (κ3) is 6.65. The number of nitrogens with one attached hydrogen (secondary N) is 1. The van der Waals surface area contributed by atoms with Gasteiger partial charge in [0.15, 0.2) is 11.5 Å². The highest BCUT2D eigenvalue weighted by molar-refractivity contribution is 14.1. The zero-order chi connectivity index (χ0) is 28.8. The molecule has 0 aliphatic heterocycles. The molecule has 0 fully saturated rings. The molecule has 1 N–H and O–H groups in total. The summed E-state index contributed by atoms with van der Waals surface area (Å²) in [7, 11) is 0. The summed E-state index contributed by atoms with van der Waals surface area (Å²) < 4.78 is 12.8. The number of hydrogen-bond donors (Lipinski definition) is 1. The van der Waals surface area contributed by atoms with Gasteiger partial charge in [-0.05, 0) is 69.6 Å². The fourth-order valence-electron chi connectivity index (χ4n) is 3.92. The van der Waals surface area contributed by atoms with Crippen molar-refractivity contribution in [3.8, 4) is 17.6 Å². The molecule has 0 aliphatic rings. The number of nitriles is 1. The second kappa shape index (κ2) is 13.0. The van der Waals surface area contributed by atoms with Gasteiger partial charge < -0.3 is 14.8 Å². The van der Waals surface area contributed by atoms with Crippen LogP contribution in [0.1, 0.15) is 18.1 Å². The second-order valence-corrected chi connectivity index (χ2v) is 10.3. The number of carbonyl (C=O) groups is 1. The lowest BCUT2D eigenvalue weighted by atomic mass is 10.1. The summed E-state index contributed by atoms with van der Waals surface area (Å²) in [4.78, 5) is 23.3. The second-order valence-electron chi connectivity index (χ2n) is 8.36. The Labute approximate surface area is 253 Å². The first kappa shape index (κ1) is 29.1. The molecule has 4 aromatic carbocycles. The van der Waals surface area contributed by atoms with Gasteiger partial charge in [-0.2, -0.15) is 5.26 Å². The Morgan fingerprint density at radius 2 is 1.80 bits per heavy atom. The number of hydrogen-bond acceptors (Lipinski definition) is 6. The van der Waals surface area contributed by atoms with Gasteiger partial charge in [0.2, 0.25) is 0 Å². The number of amides is 1. The van der Waals surface area contributed by atoms with Crippen LogP contribution in [0.5, 0.6) is 11.5 Å². The van der Waals surface area contributed by atoms with E-state index < -0.39 is 10.8 Å². The number of benzene rings is 4. The maximum atomic E-state index is 12.9. The van der Waals surface area contributed by atoms with E-state index in [0.29, 0.717) is 33.8 Å². The first-order chi connectivity index (χ1) is 19.2. The van der Waals surface area contributed by atoms with Crippen LogP contribution in [-0.2, 0) is 11.4 Å². The molecule has 4 aromatic rings. The van der Waals surface area contributed by atoms with Crippen LogP contribution in [0.25, 0.3) is 16.8 Å². The molecule has 0 aromatic heterocycles. The van der Waals surface area contributed by atoms with Gasteiger partial charge in [-0.1, -0.05) is 65.7 Å². The van der Waals surface area contributed by atoms with Gasteiger partial charge in [-0.25, -0.2) is 0 Å². The number of ether oxygens (including phenoxy) is 2. The molecule has 0 unspecified atom stereocenters. The molecule has 0 radical (unpaired) electrons. The van der Waals surface area contributed by atoms with E-state index in [1.165, 1.54) is 6.08 Å². The molecule has 0 heterocycles. The lowest BCUT2D eigenvalue weighted by Gasteiger charge is -2.16. The van der Waals surface area contributed by atoms with Gasteiger partial charge in [0.1, 0.15) is 18.2 Å². The zero-order valence-corrected chi connectivity index (χ0v) is 24.6. The van der Waals surface area contributed by atoms with Crippen molar-refractivity contribution in [3.63, 3.8) is 0 Å². The van der Waals surface area contributed by atoms with E-state index in [2.05, 4.69) is 27.9 Å². The molecule has 11 heteroatoms. The number of nitro benzene ring substituents is 1. The summed E-state index contributed by atoms with van der Waals surface area (Å²) in [5.41, 5.74) is 0.935. The van der Waals surface area contributed by atoms with E-state index >= 15 is 0 Å². The number of halogens is 3. The van der Waals surface area contributed by atoms with Crippen molar-refractivity contribution in [1.29, 1.82) is 5.26 Å². The third-order valence-electron chi connectivity index (χ3n) is 5.74. The lowest BCUT2D eigenvalue weighted by molar-refractivity contribution is -0.384. The predicted molar refractivity (Wildman–Crippen MR) is 164 cm³/mol. The maximum absolute atomic E-state index is 12.9. The molecule has 0 spiro atoms. The van der Waals surface area contributed by atoms with Crippen molar-refractivity contribution in [2.75, 3.05) is 11.9 Å². The summed E-state index contributed by atoms with van der Waals surface area (Å²) in [6.07, 6.45) is 1.39. The molecular formula is C29H20Cl2IN3O5. The van der Waals surface area contributed by atoms with Crippen molar-refractivity contribution < 1.29 is 19.2 Å². The Hall–Kier alpha value is -3.85. The molecule has 202 valence electrons. The molecule has 1 amide bonds. The van der Waals surface area contributed by atoms with Crippen LogP contribution in [0.3, 0.4) is 0 Å². The monoisotopic (exact) mass is 687 g/mol. The molecule has 0 saturated heterocycles. The Morgan fingerprint density at radius 3 is 2.48 bits per heavy atom. The Kier molecular flexibility index (Phi) is 9.47. The number of non-ortho nitro benzene ring substituents is 1. The van der Waals surface area contributed by atoms with Crippen LogP contribution < -0.4 is 14.8 Å². The van der Waals surface area contributed by atoms with Crippen molar-refractivity contribution in [2.24, 2.45) is 0 Å². The first-order valence-electron chi connectivity index (χ1n) is 11.8. The number of carbonyl (C=O) groups excluding carboxylic acids is 1. The molecule has 4 rings (SSSR count). The van der Waals surface area contributed by atoms with Crippen LogP contribution in [0.2, 0.25) is 10.0 Å². The number of nitro groups is 1. The van der Waals surface area contributed by atoms with Gasteiger partial charge in [0.05, 0.1) is 30.8 Å². The number of anilines is 1. The predicted octanol–water partition coefficient (Wildman–Crippen LogP) is 8.18. The van der Waals surface area contributed by atoms with Gasteiger partial charge >= 0.3 is 0 Å². The smallest absolute Gasteiger partial charge is 0.272 e. The standard InChI is InChI=1S/C29H20Cl2IN3O5/c1-2-39-26-12-17(10-20(15-33)29(36)34-27-23(30)13-21(35(37)38)14-24(27)31)11-25(32)28(26)40-16-19-8-5-7-18-6-3-4-9-22(18)19/h3-14H,2,16H2,1H3,(H,34,36)/b20-10+. The van der Waals surface area contributed by atoms with Crippen molar-refractivity contribution in [2.45, 2.75) is 13.5 Å². The Morgan fingerprint density at radius 1 is 1.10 bits per heavy atom. The van der Waals surface area contributed by atoms with Gasteiger partial charge in [-0.15, -0.1) is 0 Å². The van der Waals surface area contributed by atoms with Gasteiger partial charge in [0, 0.05) is 12.1 Å². The highest BCUT2D eigenvalue weighted by Crippen LogP contribution is 2.37. The fourth-order valence-corrected chi connectivity index (χ4v) is 5.27. The minimum Gasteiger partial charge on any atom is -0.490 e. The van der Waals surface area contributed by atoms with Crippen molar-refractivity contribution >= 4 is 79.9 Å². The lowest BCUT2D eigenvalue weighted by Crippen LogP contribution is -2.14. The van der Waals surface area contributed by atoms with E-state index in [-0.39, 0.29) is 27.0 Å². The summed E-state index contributed by atoms with van der Waals surface area (Å²) in [5, 5.41) is 25.1. The van der Waals surface area contributed by atoms with Crippen LogP contribution in [0.15, 0.2) is 72.3 Å². The molecule has 0 saturated carbocycles. The normalized spacial score (nSPS) is 11.1. The number of nitrogens with zero attached hydrogens (tertiary/aromatic N) is 2. The largest absolute Gasteiger partial charge is 0.490 e. The van der Waals surface area contributed by atoms with E-state index in [1.807, 2.05) is 55.5 Å². The average molecular weight is 688 g/mol. The molecular weight excluding hydrogens is 668 g/mol. The summed E-state index contributed by atoms with van der Waals surface area (Å²) in [6, 6.07) is 21.5. The third-order valence-corrected chi connectivity index (χ3v) is 7.13. The number of fused-ring (bicyclic) bond motifs is 1. The number of rotatable bonds is 9. The molecule has 0 bridgehead atoms. The van der Waals surface area contributed by atoms with E-state index in [4.69, 9.17) is 32.7 Å². The average Bonchev–Trinajstić information content (AvgIpc) is 2.93. The molecule has 0 atom stereocenters. The first-order valence-corrected chi connectivity index (χ1v) is 13.7. The topological polar surface area (TPSA) is 114 Å². The van der Waals surface area contributed by atoms with E-state index in [1.54, 1.807) is 12.1 Å². The van der Waals surface area contributed by atoms with E-state index in [9.17, 15) is 20.2 Å². The van der Waals surface area contributed by atoms with Crippen LogP contribution in [0, 0.1) is 25.0 Å². The van der Waals surface area contributed by atoms with Crippen LogP contribution in [0.4, 0.5) is 11.4 Å². The highest BCUT2D eigenvalue weighted by atomic mass is 127. The Balaban J connectivity index is 1.60. The minimum absolute atomic E-state index is 0.0400. The molecule has 40 heavy (non-hydrogen) atoms. The highest BCUT2D eigenvalue weighted by Gasteiger charge is 2.19. The SMILES string of the molecule is CCOc1cc(/C=C(\C#N)C(=O)Nc2c(Cl)cc([N+](=O)[O-])cc2Cl)cc(I)c1OCc1cccc2ccccc12. The maximum Gasteiger partial charge on any atom is 0.272 e. The van der Waals surface area contributed by atoms with Crippen molar-refractivity contribution in [1.82, 2.24) is 0 Å². The summed E-state index contributed by atoms with van der Waals surface area (Å²) in [6.45, 7) is 2.53. The van der Waals surface area contributed by atoms with Gasteiger partial charge in [0.25, 0.3) is 11.6 Å². The van der Waals surface area contributed by atoms with Crippen LogP contribution in [-0.4, -0.2) is 17.4 Å². The summed E-state index contributed by atoms with van der Waals surface area (Å²) in [5.74, 6) is 0.212. The fraction of sp³-hybridized carbons (Fsp3) is 0.103. The summed E-state index contributed by atoms with van der Waals surface area (Å²) >= 11 is 14.3. The minimum atomic E-state index is -0.788.